The maximum atomic E-state index is 14.2. The van der Waals surface area contributed by atoms with E-state index in [2.05, 4.69) is 11.9 Å². The smallest absolute Gasteiger partial charge is 0.231 e. The summed E-state index contributed by atoms with van der Waals surface area (Å²) in [6, 6.07) is 3.10. The number of hydrogen-bond donors (Lipinski definition) is 1. The molecule has 0 radical (unpaired) electrons. The number of piperidine rings is 1. The monoisotopic (exact) mass is 295 g/mol. The molecule has 1 atom stereocenters. The molecule has 1 unspecified atom stereocenters. The van der Waals surface area contributed by atoms with Crippen LogP contribution in [0.3, 0.4) is 0 Å². The van der Waals surface area contributed by atoms with E-state index in [1.807, 2.05) is 20.8 Å². The van der Waals surface area contributed by atoms with E-state index in [0.717, 1.165) is 5.56 Å². The van der Waals surface area contributed by atoms with Crippen LogP contribution < -0.4 is 5.32 Å². The maximum Gasteiger partial charge on any atom is 0.231 e. The van der Waals surface area contributed by atoms with Crippen LogP contribution in [0.2, 0.25) is 5.02 Å². The van der Waals surface area contributed by atoms with E-state index in [1.165, 1.54) is 6.07 Å². The van der Waals surface area contributed by atoms with Gasteiger partial charge in [-0.25, -0.2) is 4.39 Å². The highest BCUT2D eigenvalue weighted by Crippen LogP contribution is 2.39. The number of carbonyl (C=O) groups excluding carboxylic acids is 1. The van der Waals surface area contributed by atoms with Gasteiger partial charge in [-0.3, -0.25) is 4.79 Å². The van der Waals surface area contributed by atoms with Crippen LogP contribution in [-0.2, 0) is 10.2 Å². The van der Waals surface area contributed by atoms with Gasteiger partial charge in [0.2, 0.25) is 5.91 Å². The Hall–Kier alpha value is -1.35. The molecule has 1 aliphatic rings. The molecule has 0 spiro atoms. The van der Waals surface area contributed by atoms with E-state index in [9.17, 15) is 9.18 Å². The second-order valence-corrected chi connectivity index (χ2v) is 6.63. The van der Waals surface area contributed by atoms with Gasteiger partial charge in [-0.2, -0.15) is 0 Å². The summed E-state index contributed by atoms with van der Waals surface area (Å²) >= 11 is 6.39. The van der Waals surface area contributed by atoms with Gasteiger partial charge in [-0.1, -0.05) is 45.0 Å². The second-order valence-electron chi connectivity index (χ2n) is 6.26. The fourth-order valence-electron chi connectivity index (χ4n) is 2.52. The van der Waals surface area contributed by atoms with Crippen LogP contribution in [0, 0.1) is 5.82 Å². The first kappa shape index (κ1) is 15.0. The minimum atomic E-state index is -0.546. The fourth-order valence-corrected chi connectivity index (χ4v) is 3.09. The molecule has 1 aromatic rings. The number of halogens is 2. The van der Waals surface area contributed by atoms with Gasteiger partial charge in [0.25, 0.3) is 0 Å². The topological polar surface area (TPSA) is 29.1 Å². The van der Waals surface area contributed by atoms with Crippen molar-refractivity contribution >= 4 is 17.5 Å². The van der Waals surface area contributed by atoms with Crippen molar-refractivity contribution < 1.29 is 9.18 Å². The SMILES string of the molecule is C=C1CCC(c2c(F)ccc(C(C)(C)C)c2Cl)C(=O)N1. The lowest BCUT2D eigenvalue weighted by molar-refractivity contribution is -0.122. The number of nitrogens with one attached hydrogen (secondary N) is 1. The van der Waals surface area contributed by atoms with E-state index in [1.54, 1.807) is 6.07 Å². The van der Waals surface area contributed by atoms with Crippen molar-refractivity contribution in [2.45, 2.75) is 44.9 Å². The maximum absolute atomic E-state index is 14.2. The van der Waals surface area contributed by atoms with Gasteiger partial charge in [-0.15, -0.1) is 0 Å². The molecular formula is C16H19ClFNO. The lowest BCUT2D eigenvalue weighted by atomic mass is 9.82. The number of hydrogen-bond acceptors (Lipinski definition) is 1. The minimum absolute atomic E-state index is 0.200. The molecule has 0 aliphatic carbocycles. The third kappa shape index (κ3) is 2.73. The number of carbonyl (C=O) groups is 1. The zero-order valence-electron chi connectivity index (χ0n) is 12.0. The first-order chi connectivity index (χ1) is 9.21. The fraction of sp³-hybridized carbons (Fsp3) is 0.438. The Morgan fingerprint density at radius 2 is 2.05 bits per heavy atom. The first-order valence-electron chi connectivity index (χ1n) is 6.69. The molecule has 108 valence electrons. The Kier molecular flexibility index (Phi) is 3.92. The summed E-state index contributed by atoms with van der Waals surface area (Å²) < 4.78 is 14.2. The van der Waals surface area contributed by atoms with Crippen molar-refractivity contribution in [1.82, 2.24) is 5.32 Å². The molecule has 1 aromatic carbocycles. The molecule has 1 fully saturated rings. The van der Waals surface area contributed by atoms with Crippen molar-refractivity contribution in [3.05, 3.63) is 46.4 Å². The summed E-state index contributed by atoms with van der Waals surface area (Å²) in [4.78, 5) is 12.1. The van der Waals surface area contributed by atoms with E-state index in [-0.39, 0.29) is 11.3 Å². The third-order valence-electron chi connectivity index (χ3n) is 3.63. The molecule has 1 aliphatic heterocycles. The highest BCUT2D eigenvalue weighted by atomic mass is 35.5. The van der Waals surface area contributed by atoms with Crippen LogP contribution in [0.4, 0.5) is 4.39 Å². The number of rotatable bonds is 1. The minimum Gasteiger partial charge on any atom is -0.330 e. The van der Waals surface area contributed by atoms with Gasteiger partial charge in [-0.05, 0) is 29.9 Å². The molecule has 2 nitrogen and oxygen atoms in total. The van der Waals surface area contributed by atoms with Gasteiger partial charge in [0, 0.05) is 11.3 Å². The normalized spacial score (nSPS) is 19.9. The van der Waals surface area contributed by atoms with Crippen LogP contribution in [0.1, 0.15) is 50.7 Å². The number of amides is 1. The molecule has 2 rings (SSSR count). The van der Waals surface area contributed by atoms with Crippen molar-refractivity contribution in [3.8, 4) is 0 Å². The van der Waals surface area contributed by atoms with E-state index in [4.69, 9.17) is 11.6 Å². The Morgan fingerprint density at radius 3 is 2.60 bits per heavy atom. The average Bonchev–Trinajstić information content (AvgIpc) is 2.29. The number of benzene rings is 1. The Bertz CT molecular complexity index is 575. The number of allylic oxidation sites excluding steroid dienone is 1. The lowest BCUT2D eigenvalue weighted by Gasteiger charge is -2.28. The van der Waals surface area contributed by atoms with E-state index >= 15 is 0 Å². The third-order valence-corrected chi connectivity index (χ3v) is 4.04. The Balaban J connectivity index is 2.51. The zero-order valence-corrected chi connectivity index (χ0v) is 12.8. The molecule has 20 heavy (non-hydrogen) atoms. The predicted molar refractivity (Wildman–Crippen MR) is 79.4 cm³/mol. The van der Waals surface area contributed by atoms with Crippen LogP contribution in [-0.4, -0.2) is 5.91 Å². The molecule has 1 N–H and O–H groups in total. The second kappa shape index (κ2) is 5.21. The van der Waals surface area contributed by atoms with Crippen LogP contribution in [0.15, 0.2) is 24.4 Å². The quantitative estimate of drug-likeness (QED) is 0.823. The Labute approximate surface area is 124 Å². The van der Waals surface area contributed by atoms with Crippen LogP contribution >= 0.6 is 11.6 Å². The Morgan fingerprint density at radius 1 is 1.40 bits per heavy atom. The standard InChI is InChI=1S/C16H19ClFNO/c1-9-5-6-10(15(20)19-9)13-12(18)8-7-11(14(13)17)16(2,3)4/h7-8,10H,1,5-6H2,2-4H3,(H,19,20). The van der Waals surface area contributed by atoms with Gasteiger partial charge >= 0.3 is 0 Å². The van der Waals surface area contributed by atoms with Gasteiger partial charge in [0.05, 0.1) is 10.9 Å². The van der Waals surface area contributed by atoms with Gasteiger partial charge in [0.1, 0.15) is 5.82 Å². The summed E-state index contributed by atoms with van der Waals surface area (Å²) in [5, 5.41) is 3.05. The summed E-state index contributed by atoms with van der Waals surface area (Å²) in [5.41, 5.74) is 1.64. The molecule has 4 heteroatoms. The van der Waals surface area contributed by atoms with Crippen molar-refractivity contribution in [2.75, 3.05) is 0 Å². The first-order valence-corrected chi connectivity index (χ1v) is 7.06. The predicted octanol–water partition coefficient (Wildman–Crippen LogP) is 4.28. The van der Waals surface area contributed by atoms with Crippen molar-refractivity contribution in [3.63, 3.8) is 0 Å². The van der Waals surface area contributed by atoms with Crippen molar-refractivity contribution in [1.29, 1.82) is 0 Å². The molecule has 1 amide bonds. The van der Waals surface area contributed by atoms with Crippen LogP contribution in [0.5, 0.6) is 0 Å². The zero-order chi connectivity index (χ0) is 15.1. The van der Waals surface area contributed by atoms with Crippen molar-refractivity contribution in [2.24, 2.45) is 0 Å². The van der Waals surface area contributed by atoms with E-state index < -0.39 is 11.7 Å². The summed E-state index contributed by atoms with van der Waals surface area (Å²) in [6.07, 6.45) is 1.18. The molecule has 0 saturated carbocycles. The summed E-state index contributed by atoms with van der Waals surface area (Å²) in [6.45, 7) is 9.77. The van der Waals surface area contributed by atoms with Gasteiger partial charge < -0.3 is 5.32 Å². The molecule has 1 saturated heterocycles. The molecular weight excluding hydrogens is 277 g/mol. The molecule has 0 bridgehead atoms. The van der Waals surface area contributed by atoms with Gasteiger partial charge in [0.15, 0.2) is 0 Å². The summed E-state index contributed by atoms with van der Waals surface area (Å²) in [7, 11) is 0. The molecule has 0 aromatic heterocycles. The van der Waals surface area contributed by atoms with E-state index in [0.29, 0.717) is 29.1 Å². The highest BCUT2D eigenvalue weighted by molar-refractivity contribution is 6.32. The highest BCUT2D eigenvalue weighted by Gasteiger charge is 2.32. The lowest BCUT2D eigenvalue weighted by Crippen LogP contribution is -2.34. The molecule has 1 heterocycles. The van der Waals surface area contributed by atoms with Crippen LogP contribution in [0.25, 0.3) is 0 Å². The average molecular weight is 296 g/mol. The largest absolute Gasteiger partial charge is 0.330 e. The summed E-state index contributed by atoms with van der Waals surface area (Å²) in [5.74, 6) is -1.20.